The number of hydrogen-bond donors (Lipinski definition) is 0. The molecule has 3 rings (SSSR count). The molecule has 0 N–H and O–H groups in total. The molecule has 7 nitrogen and oxygen atoms in total. The summed E-state index contributed by atoms with van der Waals surface area (Å²) in [5, 5.41) is 16.9. The maximum atomic E-state index is 12.2. The molecule has 0 amide bonds. The van der Waals surface area contributed by atoms with Crippen LogP contribution in [-0.2, 0) is 22.6 Å². The average molecular weight is 371 g/mol. The fraction of sp³-hybridized carbons (Fsp3) is 0.222. The minimum absolute atomic E-state index is 0.0219. The summed E-state index contributed by atoms with van der Waals surface area (Å²) in [6, 6.07) is 11.1. The van der Waals surface area contributed by atoms with Crippen molar-refractivity contribution in [2.24, 2.45) is 0 Å². The van der Waals surface area contributed by atoms with E-state index in [1.807, 2.05) is 44.2 Å². The summed E-state index contributed by atoms with van der Waals surface area (Å²) >= 11 is 1.02. The lowest BCUT2D eigenvalue weighted by Gasteiger charge is -2.06. The number of rotatable bonds is 6. The van der Waals surface area contributed by atoms with Gasteiger partial charge >= 0.3 is 11.0 Å². The van der Waals surface area contributed by atoms with E-state index in [-0.39, 0.29) is 18.0 Å². The number of hydrogen-bond acceptors (Lipinski definition) is 6. The molecule has 1 aromatic carbocycles. The van der Waals surface area contributed by atoms with Gasteiger partial charge in [0.25, 0.3) is 0 Å². The van der Waals surface area contributed by atoms with Gasteiger partial charge in [0.1, 0.15) is 6.61 Å². The number of nitrogens with zero attached hydrogens (tertiary/aromatic N) is 3. The van der Waals surface area contributed by atoms with Crippen LogP contribution in [0.5, 0.6) is 0 Å². The molecule has 2 heterocycles. The summed E-state index contributed by atoms with van der Waals surface area (Å²) in [5.74, 6) is -0.391. The number of aromatic nitrogens is 2. The zero-order valence-corrected chi connectivity index (χ0v) is 15.2. The zero-order chi connectivity index (χ0) is 18.7. The first kappa shape index (κ1) is 17.8. The van der Waals surface area contributed by atoms with E-state index in [0.717, 1.165) is 34.0 Å². The standard InChI is InChI=1S/C18H17N3O4S/c1-12-16(13(2)20(19-12)15-6-4-3-5-7-15)9-18(22)25-10-14-8-17(21(23)24)26-11-14/h3-8,11H,9-10H2,1-2H3. The maximum absolute atomic E-state index is 12.2. The summed E-state index contributed by atoms with van der Waals surface area (Å²) in [7, 11) is 0. The first-order chi connectivity index (χ1) is 12.5. The van der Waals surface area contributed by atoms with Gasteiger partial charge in [0.05, 0.1) is 22.7 Å². The predicted octanol–water partition coefficient (Wildman–Crippen LogP) is 3.74. The number of carbonyl (C=O) groups excluding carboxylic acids is 1. The third-order valence-electron chi connectivity index (χ3n) is 3.98. The molecule has 0 bridgehead atoms. The van der Waals surface area contributed by atoms with E-state index in [4.69, 9.17) is 4.74 Å². The van der Waals surface area contributed by atoms with Crippen LogP contribution in [0.1, 0.15) is 22.5 Å². The second-order valence-electron chi connectivity index (χ2n) is 5.78. The Morgan fingerprint density at radius 3 is 2.69 bits per heavy atom. The maximum Gasteiger partial charge on any atom is 0.324 e. The first-order valence-corrected chi connectivity index (χ1v) is 8.81. The van der Waals surface area contributed by atoms with Crippen LogP contribution in [0.4, 0.5) is 5.00 Å². The molecule has 0 saturated heterocycles. The smallest absolute Gasteiger partial charge is 0.324 e. The summed E-state index contributed by atoms with van der Waals surface area (Å²) in [6.07, 6.45) is 0.108. The van der Waals surface area contributed by atoms with E-state index in [1.165, 1.54) is 6.07 Å². The van der Waals surface area contributed by atoms with Gasteiger partial charge in [0.2, 0.25) is 0 Å². The first-order valence-electron chi connectivity index (χ1n) is 7.93. The van der Waals surface area contributed by atoms with Gasteiger partial charge in [-0.2, -0.15) is 5.10 Å². The van der Waals surface area contributed by atoms with Crippen LogP contribution < -0.4 is 0 Å². The summed E-state index contributed by atoms with van der Waals surface area (Å²) in [4.78, 5) is 22.4. The predicted molar refractivity (Wildman–Crippen MR) is 97.5 cm³/mol. The monoisotopic (exact) mass is 371 g/mol. The molecule has 0 unspecified atom stereocenters. The average Bonchev–Trinajstić information content (AvgIpc) is 3.21. The third kappa shape index (κ3) is 3.80. The molecule has 0 aliphatic heterocycles. The van der Waals surface area contributed by atoms with Crippen molar-refractivity contribution in [1.29, 1.82) is 0 Å². The molecule has 26 heavy (non-hydrogen) atoms. The van der Waals surface area contributed by atoms with Crippen molar-refractivity contribution in [3.8, 4) is 5.69 Å². The highest BCUT2D eigenvalue weighted by molar-refractivity contribution is 7.13. The molecular formula is C18H17N3O4S. The Morgan fingerprint density at radius 1 is 1.31 bits per heavy atom. The highest BCUT2D eigenvalue weighted by Crippen LogP contribution is 2.23. The number of thiophene rings is 1. The lowest BCUT2D eigenvalue weighted by molar-refractivity contribution is -0.380. The van der Waals surface area contributed by atoms with E-state index in [2.05, 4.69) is 5.10 Å². The van der Waals surface area contributed by atoms with Gasteiger partial charge < -0.3 is 4.74 Å². The van der Waals surface area contributed by atoms with Crippen molar-refractivity contribution >= 4 is 22.3 Å². The molecule has 0 aliphatic rings. The van der Waals surface area contributed by atoms with Gasteiger partial charge in [-0.3, -0.25) is 14.9 Å². The van der Waals surface area contributed by atoms with Crippen LogP contribution in [0.15, 0.2) is 41.8 Å². The van der Waals surface area contributed by atoms with E-state index < -0.39 is 10.9 Å². The summed E-state index contributed by atoms with van der Waals surface area (Å²) in [6.45, 7) is 3.79. The molecule has 0 fully saturated rings. The molecule has 3 aromatic rings. The Kier molecular flexibility index (Phi) is 5.13. The largest absolute Gasteiger partial charge is 0.461 e. The topological polar surface area (TPSA) is 87.3 Å². The van der Waals surface area contributed by atoms with Gasteiger partial charge in [0.15, 0.2) is 0 Å². The Hall–Kier alpha value is -3.00. The number of carbonyl (C=O) groups is 1. The van der Waals surface area contributed by atoms with Crippen molar-refractivity contribution < 1.29 is 14.5 Å². The highest BCUT2D eigenvalue weighted by Gasteiger charge is 2.17. The van der Waals surface area contributed by atoms with E-state index >= 15 is 0 Å². The van der Waals surface area contributed by atoms with Crippen LogP contribution >= 0.6 is 11.3 Å². The second-order valence-corrected chi connectivity index (χ2v) is 6.67. The van der Waals surface area contributed by atoms with Crippen LogP contribution in [0.2, 0.25) is 0 Å². The van der Waals surface area contributed by atoms with Crippen molar-refractivity contribution in [1.82, 2.24) is 9.78 Å². The number of benzene rings is 1. The van der Waals surface area contributed by atoms with Crippen LogP contribution in [0.25, 0.3) is 5.69 Å². The minimum Gasteiger partial charge on any atom is -0.461 e. The number of esters is 1. The molecule has 0 saturated carbocycles. The third-order valence-corrected chi connectivity index (χ3v) is 4.91. The molecule has 8 heteroatoms. The number of aryl methyl sites for hydroxylation is 1. The number of ether oxygens (including phenoxy) is 1. The zero-order valence-electron chi connectivity index (χ0n) is 14.3. The van der Waals surface area contributed by atoms with Crippen LogP contribution in [0.3, 0.4) is 0 Å². The van der Waals surface area contributed by atoms with Gasteiger partial charge in [-0.25, -0.2) is 4.68 Å². The lowest BCUT2D eigenvalue weighted by atomic mass is 10.1. The molecular weight excluding hydrogens is 354 g/mol. The van der Waals surface area contributed by atoms with Crippen molar-refractivity contribution in [2.45, 2.75) is 26.9 Å². The van der Waals surface area contributed by atoms with Gasteiger partial charge in [0, 0.05) is 28.3 Å². The highest BCUT2D eigenvalue weighted by atomic mass is 32.1. The van der Waals surface area contributed by atoms with E-state index in [1.54, 1.807) is 10.1 Å². The molecule has 2 aromatic heterocycles. The molecule has 0 radical (unpaired) electrons. The second kappa shape index (κ2) is 7.49. The minimum atomic E-state index is -0.458. The fourth-order valence-corrected chi connectivity index (χ4v) is 3.36. The van der Waals surface area contributed by atoms with Crippen molar-refractivity contribution in [3.63, 3.8) is 0 Å². The normalized spacial score (nSPS) is 10.7. The van der Waals surface area contributed by atoms with Gasteiger partial charge in [-0.1, -0.05) is 29.5 Å². The molecule has 0 atom stereocenters. The van der Waals surface area contributed by atoms with Crippen molar-refractivity contribution in [3.05, 3.63) is 74.4 Å². The SMILES string of the molecule is Cc1nn(-c2ccccc2)c(C)c1CC(=O)OCc1csc([N+](=O)[O-])c1. The molecule has 0 spiro atoms. The Labute approximate surface area is 154 Å². The van der Waals surface area contributed by atoms with E-state index in [9.17, 15) is 14.9 Å². The quantitative estimate of drug-likeness (QED) is 0.374. The Morgan fingerprint density at radius 2 is 2.04 bits per heavy atom. The number of para-hydroxylation sites is 1. The summed E-state index contributed by atoms with van der Waals surface area (Å²) in [5.41, 5.74) is 4.03. The van der Waals surface area contributed by atoms with Crippen LogP contribution in [0, 0.1) is 24.0 Å². The van der Waals surface area contributed by atoms with Gasteiger partial charge in [-0.15, -0.1) is 0 Å². The van der Waals surface area contributed by atoms with Crippen molar-refractivity contribution in [2.75, 3.05) is 0 Å². The Bertz CT molecular complexity index is 947. The molecule has 0 aliphatic carbocycles. The number of nitro groups is 1. The van der Waals surface area contributed by atoms with Crippen LogP contribution in [-0.4, -0.2) is 20.7 Å². The lowest BCUT2D eigenvalue weighted by Crippen LogP contribution is -2.09. The molecule has 134 valence electrons. The summed E-state index contributed by atoms with van der Waals surface area (Å²) < 4.78 is 7.06. The Balaban J connectivity index is 1.67. The fourth-order valence-electron chi connectivity index (χ4n) is 2.64. The van der Waals surface area contributed by atoms with Gasteiger partial charge in [-0.05, 0) is 26.0 Å². The van der Waals surface area contributed by atoms with E-state index in [0.29, 0.717) is 5.56 Å².